The predicted octanol–water partition coefficient (Wildman–Crippen LogP) is 8.39. The summed E-state index contributed by atoms with van der Waals surface area (Å²) in [7, 11) is 1.60. The van der Waals surface area contributed by atoms with Gasteiger partial charge < -0.3 is 15.8 Å². The van der Waals surface area contributed by atoms with Gasteiger partial charge in [0.05, 0.1) is 29.6 Å². The Balaban J connectivity index is 1.48. The third-order valence-corrected chi connectivity index (χ3v) is 8.71. The van der Waals surface area contributed by atoms with Gasteiger partial charge in [-0.2, -0.15) is 13.2 Å². The number of aromatic nitrogens is 2. The number of alkyl halides is 3. The number of aliphatic imine (C=N–C) groups is 1. The summed E-state index contributed by atoms with van der Waals surface area (Å²) in [6.45, 7) is 6.61. The molecule has 0 saturated heterocycles. The fourth-order valence-electron chi connectivity index (χ4n) is 5.62. The van der Waals surface area contributed by atoms with Crippen LogP contribution in [0.3, 0.4) is 0 Å². The summed E-state index contributed by atoms with van der Waals surface area (Å²) >= 11 is 6.37. The summed E-state index contributed by atoms with van der Waals surface area (Å²) in [6.07, 6.45) is 6.17. The normalized spacial score (nSPS) is 16.4. The number of nitrogens with zero attached hydrogens (tertiary/aromatic N) is 3. The molecule has 1 unspecified atom stereocenters. The summed E-state index contributed by atoms with van der Waals surface area (Å²) in [6, 6.07) is 7.93. The van der Waals surface area contributed by atoms with Crippen molar-refractivity contribution < 1.29 is 17.9 Å². The lowest BCUT2D eigenvalue weighted by Crippen LogP contribution is -2.23. The molecule has 2 aliphatic carbocycles. The van der Waals surface area contributed by atoms with E-state index in [4.69, 9.17) is 27.1 Å². The zero-order valence-electron chi connectivity index (χ0n) is 25.6. The molecule has 5 rings (SSSR count). The first kappa shape index (κ1) is 31.8. The standard InChI is InChI=1S/C34H39ClF3N5O/c1-5-7-24-19(3)14-28(43-32(24)25-12-13-40-33(30(25)35)34(36,37)38)26(20-8-9-20)18-42-27(6-2)21-15-22(17-41-23-10-11-23)31(39)29(16-21)44-4/h6,12-17,20,23,26,42H,5,7-11,18,39H2,1-4H3. The van der Waals surface area contributed by atoms with Crippen LogP contribution in [0.25, 0.3) is 17.0 Å². The first-order valence-corrected chi connectivity index (χ1v) is 15.6. The molecular weight excluding hydrogens is 587 g/mol. The molecule has 1 aromatic carbocycles. The van der Waals surface area contributed by atoms with Crippen LogP contribution in [0.5, 0.6) is 5.75 Å². The number of methoxy groups -OCH3 is 1. The lowest BCUT2D eigenvalue weighted by Gasteiger charge is -2.23. The Kier molecular flexibility index (Phi) is 9.53. The smallest absolute Gasteiger partial charge is 0.434 e. The summed E-state index contributed by atoms with van der Waals surface area (Å²) in [4.78, 5) is 13.2. The van der Waals surface area contributed by atoms with E-state index in [1.165, 1.54) is 6.07 Å². The minimum atomic E-state index is -4.66. The van der Waals surface area contributed by atoms with E-state index >= 15 is 0 Å². The molecule has 10 heteroatoms. The third kappa shape index (κ3) is 7.04. The Morgan fingerprint density at radius 2 is 1.98 bits per heavy atom. The second kappa shape index (κ2) is 13.2. The predicted molar refractivity (Wildman–Crippen MR) is 171 cm³/mol. The number of nitrogen functional groups attached to an aromatic ring is 1. The number of anilines is 1. The molecule has 6 nitrogen and oxygen atoms in total. The van der Waals surface area contributed by atoms with Gasteiger partial charge in [0.2, 0.25) is 0 Å². The molecule has 0 aliphatic heterocycles. The second-order valence-corrected chi connectivity index (χ2v) is 12.1. The number of nitrogens with one attached hydrogen (secondary N) is 1. The van der Waals surface area contributed by atoms with Crippen molar-refractivity contribution in [2.75, 3.05) is 19.4 Å². The number of hydrogen-bond acceptors (Lipinski definition) is 6. The van der Waals surface area contributed by atoms with E-state index in [1.807, 2.05) is 45.2 Å². The van der Waals surface area contributed by atoms with Crippen LogP contribution in [0.1, 0.15) is 85.5 Å². The molecule has 2 fully saturated rings. The number of halogens is 4. The van der Waals surface area contributed by atoms with E-state index < -0.39 is 16.9 Å². The SMILES string of the molecule is CC=C(NCC(c1cc(C)c(CCC)c(-c2ccnc(C(F)(F)F)c2Cl)n1)C1CC1)c1cc(C=NC2CC2)c(N)c(OC)c1. The van der Waals surface area contributed by atoms with Crippen LogP contribution in [0.2, 0.25) is 5.02 Å². The van der Waals surface area contributed by atoms with Gasteiger partial charge in [0.25, 0.3) is 0 Å². The zero-order chi connectivity index (χ0) is 31.6. The molecule has 0 amide bonds. The Labute approximate surface area is 262 Å². The second-order valence-electron chi connectivity index (χ2n) is 11.7. The van der Waals surface area contributed by atoms with Crippen LogP contribution in [0.4, 0.5) is 18.9 Å². The molecule has 3 aromatic rings. The number of rotatable bonds is 12. The number of pyridine rings is 2. The molecule has 2 aromatic heterocycles. The van der Waals surface area contributed by atoms with Crippen LogP contribution in [-0.4, -0.2) is 35.9 Å². The van der Waals surface area contributed by atoms with Crippen LogP contribution in [0.15, 0.2) is 41.5 Å². The van der Waals surface area contributed by atoms with Crippen molar-refractivity contribution in [1.29, 1.82) is 0 Å². The van der Waals surface area contributed by atoms with E-state index in [0.29, 0.717) is 42.1 Å². The molecule has 44 heavy (non-hydrogen) atoms. The van der Waals surface area contributed by atoms with Crippen LogP contribution < -0.4 is 15.8 Å². The fraction of sp³-hybridized carbons (Fsp3) is 0.441. The van der Waals surface area contributed by atoms with Gasteiger partial charge >= 0.3 is 6.18 Å². The maximum absolute atomic E-state index is 13.7. The molecule has 1 atom stereocenters. The van der Waals surface area contributed by atoms with Gasteiger partial charge in [-0.25, -0.2) is 0 Å². The Bertz CT molecular complexity index is 1580. The Hall–Kier alpha value is -3.59. The van der Waals surface area contributed by atoms with E-state index in [1.54, 1.807) is 7.11 Å². The zero-order valence-corrected chi connectivity index (χ0v) is 26.3. The number of allylic oxidation sites excluding steroid dienone is 1. The van der Waals surface area contributed by atoms with Gasteiger partial charge in [-0.1, -0.05) is 31.0 Å². The van der Waals surface area contributed by atoms with E-state index in [0.717, 1.165) is 71.9 Å². The van der Waals surface area contributed by atoms with Gasteiger partial charge in [0.1, 0.15) is 5.75 Å². The number of aryl methyl sites for hydroxylation is 1. The first-order chi connectivity index (χ1) is 21.0. The number of hydrogen-bond donors (Lipinski definition) is 2. The topological polar surface area (TPSA) is 85.4 Å². The lowest BCUT2D eigenvalue weighted by atomic mass is 9.92. The molecule has 2 saturated carbocycles. The van der Waals surface area contributed by atoms with E-state index in [9.17, 15) is 13.2 Å². The van der Waals surface area contributed by atoms with Crippen molar-refractivity contribution in [2.24, 2.45) is 10.9 Å². The highest BCUT2D eigenvalue weighted by atomic mass is 35.5. The monoisotopic (exact) mass is 625 g/mol. The summed E-state index contributed by atoms with van der Waals surface area (Å²) in [5.74, 6) is 1.05. The first-order valence-electron chi connectivity index (χ1n) is 15.2. The molecule has 0 radical (unpaired) electrons. The van der Waals surface area contributed by atoms with Crippen molar-refractivity contribution in [1.82, 2.24) is 15.3 Å². The summed E-state index contributed by atoms with van der Waals surface area (Å²) in [5.41, 5.74) is 12.0. The minimum Gasteiger partial charge on any atom is -0.495 e. The highest BCUT2D eigenvalue weighted by Crippen LogP contribution is 2.44. The summed E-state index contributed by atoms with van der Waals surface area (Å²) < 4.78 is 46.7. The molecule has 3 N–H and O–H groups in total. The number of ether oxygens (including phenoxy) is 1. The molecule has 0 bridgehead atoms. The van der Waals surface area contributed by atoms with Crippen molar-refractivity contribution in [3.05, 3.63) is 75.2 Å². The number of benzene rings is 1. The highest BCUT2D eigenvalue weighted by Gasteiger charge is 2.37. The van der Waals surface area contributed by atoms with E-state index in [-0.39, 0.29) is 11.5 Å². The number of nitrogens with two attached hydrogens (primary N) is 1. The van der Waals surface area contributed by atoms with Gasteiger partial charge in [0.15, 0.2) is 5.69 Å². The van der Waals surface area contributed by atoms with Crippen LogP contribution in [-0.2, 0) is 12.6 Å². The maximum atomic E-state index is 13.7. The van der Waals surface area contributed by atoms with Gasteiger partial charge in [-0.15, -0.1) is 0 Å². The highest BCUT2D eigenvalue weighted by molar-refractivity contribution is 6.34. The van der Waals surface area contributed by atoms with Crippen molar-refractivity contribution in [3.8, 4) is 17.0 Å². The van der Waals surface area contributed by atoms with Crippen LogP contribution in [0, 0.1) is 12.8 Å². The minimum absolute atomic E-state index is 0.0485. The third-order valence-electron chi connectivity index (χ3n) is 8.33. The van der Waals surface area contributed by atoms with E-state index in [2.05, 4.69) is 21.4 Å². The van der Waals surface area contributed by atoms with Crippen molar-refractivity contribution >= 4 is 29.2 Å². The molecule has 0 spiro atoms. The quantitative estimate of drug-likeness (QED) is 0.156. The fourth-order valence-corrected chi connectivity index (χ4v) is 5.93. The van der Waals surface area contributed by atoms with Crippen molar-refractivity contribution in [2.45, 2.75) is 77.4 Å². The maximum Gasteiger partial charge on any atom is 0.434 e. The average Bonchev–Trinajstić information content (AvgIpc) is 3.91. The Morgan fingerprint density at radius 1 is 1.23 bits per heavy atom. The van der Waals surface area contributed by atoms with Gasteiger partial charge in [-0.05, 0) is 87.3 Å². The van der Waals surface area contributed by atoms with Crippen molar-refractivity contribution in [3.63, 3.8) is 0 Å². The molecule has 234 valence electrons. The molecular formula is C34H39ClF3N5O. The Morgan fingerprint density at radius 3 is 2.59 bits per heavy atom. The molecule has 2 heterocycles. The average molecular weight is 626 g/mol. The largest absolute Gasteiger partial charge is 0.495 e. The lowest BCUT2D eigenvalue weighted by molar-refractivity contribution is -0.141. The van der Waals surface area contributed by atoms with Gasteiger partial charge in [0, 0.05) is 53.0 Å². The van der Waals surface area contributed by atoms with Crippen LogP contribution >= 0.6 is 11.6 Å². The molecule has 2 aliphatic rings. The summed E-state index contributed by atoms with van der Waals surface area (Å²) in [5, 5.41) is 3.22. The van der Waals surface area contributed by atoms with Gasteiger partial charge in [-0.3, -0.25) is 15.0 Å².